The Hall–Kier alpha value is -3.16. The summed E-state index contributed by atoms with van der Waals surface area (Å²) in [5, 5.41) is 4.22. The van der Waals surface area contributed by atoms with Crippen LogP contribution in [0.15, 0.2) is 46.5 Å². The van der Waals surface area contributed by atoms with E-state index >= 15 is 0 Å². The Morgan fingerprint density at radius 2 is 1.90 bits per heavy atom. The molecule has 0 N–H and O–H groups in total. The van der Waals surface area contributed by atoms with Crippen molar-refractivity contribution in [2.24, 2.45) is 10.4 Å². The van der Waals surface area contributed by atoms with Gasteiger partial charge in [0.2, 0.25) is 20.9 Å². The molecule has 0 unspecified atom stereocenters. The third-order valence-corrected chi connectivity index (χ3v) is 8.36. The molecule has 2 heterocycles. The van der Waals surface area contributed by atoms with Crippen LogP contribution in [-0.4, -0.2) is 75.0 Å². The minimum Gasteiger partial charge on any atom is -0.477 e. The average Bonchev–Trinajstić information content (AvgIpc) is 3.29. The van der Waals surface area contributed by atoms with Crippen molar-refractivity contribution >= 4 is 35.7 Å². The maximum absolute atomic E-state index is 12.3. The lowest BCUT2D eigenvalue weighted by atomic mass is 9.95. The second kappa shape index (κ2) is 13.5. The Morgan fingerprint density at radius 3 is 2.42 bits per heavy atom. The number of hydrogen-bond donors (Lipinski definition) is 0. The van der Waals surface area contributed by atoms with Crippen LogP contribution >= 0.6 is 0 Å². The van der Waals surface area contributed by atoms with Crippen LogP contribution in [0.4, 0.5) is 0 Å². The lowest BCUT2D eigenvalue weighted by Gasteiger charge is -2.21. The van der Waals surface area contributed by atoms with Crippen molar-refractivity contribution in [2.75, 3.05) is 26.6 Å². The van der Waals surface area contributed by atoms with Crippen LogP contribution in [0.5, 0.6) is 0 Å². The molecule has 40 heavy (non-hydrogen) atoms. The number of carbonyl (C=O) groups excluding carboxylic acids is 1. The van der Waals surface area contributed by atoms with Gasteiger partial charge in [-0.1, -0.05) is 25.2 Å². The fraction of sp³-hybridized carbons (Fsp3) is 0.519. The molecule has 0 aliphatic carbocycles. The van der Waals surface area contributed by atoms with Gasteiger partial charge in [0, 0.05) is 44.5 Å². The predicted molar refractivity (Wildman–Crippen MR) is 158 cm³/mol. The Kier molecular flexibility index (Phi) is 11.1. The number of aromatic nitrogens is 4. The number of hydrogen-bond acceptors (Lipinski definition) is 10. The van der Waals surface area contributed by atoms with Gasteiger partial charge < -0.3 is 14.2 Å². The number of pyridine rings is 1. The van der Waals surface area contributed by atoms with Gasteiger partial charge in [0.25, 0.3) is 0 Å². The number of ether oxygens (including phenoxy) is 3. The Labute approximate surface area is 238 Å². The molecule has 0 aromatic carbocycles. The highest BCUT2D eigenvalue weighted by molar-refractivity contribution is 7.90. The molecule has 2 aromatic rings. The van der Waals surface area contributed by atoms with Gasteiger partial charge in [0.15, 0.2) is 5.82 Å². The van der Waals surface area contributed by atoms with Gasteiger partial charge in [0.1, 0.15) is 13.3 Å². The first-order valence-electron chi connectivity index (χ1n) is 12.8. The van der Waals surface area contributed by atoms with Gasteiger partial charge in [-0.05, 0) is 52.5 Å². The van der Waals surface area contributed by atoms with E-state index in [9.17, 15) is 13.2 Å². The zero-order valence-corrected chi connectivity index (χ0v) is 26.8. The molecule has 0 saturated carbocycles. The highest BCUT2D eigenvalue weighted by Crippen LogP contribution is 2.22. The summed E-state index contributed by atoms with van der Waals surface area (Å²) in [7, 11) is -3.59. The van der Waals surface area contributed by atoms with Crippen LogP contribution in [0.25, 0.3) is 17.0 Å². The molecule has 0 fully saturated rings. The molecule has 220 valence electrons. The highest BCUT2D eigenvalue weighted by atomic mass is 32.2. The molecule has 2 rings (SSSR count). The molecule has 0 spiro atoms. The van der Waals surface area contributed by atoms with E-state index < -0.39 is 29.3 Å². The minimum atomic E-state index is -3.63. The van der Waals surface area contributed by atoms with Crippen molar-refractivity contribution in [1.82, 2.24) is 19.7 Å². The van der Waals surface area contributed by atoms with E-state index in [1.54, 1.807) is 38.4 Å². The topological polar surface area (TPSA) is 135 Å². The van der Waals surface area contributed by atoms with Gasteiger partial charge in [-0.2, -0.15) is 4.98 Å². The SMILES string of the molecule is C=C(N=CC(=C(C)C)c1ccc(-c2nc(S(C)(=O)=O)n(COCC[Si](C)(C)C)n2)cn1)OCC(C)(C)C(=O)OC. The number of rotatable bonds is 14. The van der Waals surface area contributed by atoms with Crippen molar-refractivity contribution in [1.29, 1.82) is 0 Å². The van der Waals surface area contributed by atoms with E-state index in [0.29, 0.717) is 17.9 Å². The van der Waals surface area contributed by atoms with Crippen molar-refractivity contribution < 1.29 is 27.4 Å². The molecule has 0 radical (unpaired) electrons. The van der Waals surface area contributed by atoms with Crippen LogP contribution in [0, 0.1) is 5.41 Å². The number of methoxy groups -OCH3 is 1. The molecule has 0 aliphatic heterocycles. The largest absolute Gasteiger partial charge is 0.477 e. The Bertz CT molecular complexity index is 1370. The molecule has 0 amide bonds. The normalized spacial score (nSPS) is 12.4. The Balaban J connectivity index is 2.20. The van der Waals surface area contributed by atoms with Gasteiger partial charge >= 0.3 is 5.97 Å². The summed E-state index contributed by atoms with van der Waals surface area (Å²) < 4.78 is 42.0. The van der Waals surface area contributed by atoms with E-state index in [0.717, 1.165) is 23.4 Å². The zero-order chi connectivity index (χ0) is 30.3. The third kappa shape index (κ3) is 9.79. The standard InChI is InChI=1S/C27H41N5O6SSi/c1-19(2)22(16-28-20(3)38-17-27(4,5)25(33)36-6)23-12-11-21(15-29-23)24-30-26(39(7,34)35)32(31-24)18-37-13-14-40(8,9)10/h11-12,15-16H,3,13-14,17-18H2,1-2,4-10H3. The zero-order valence-electron chi connectivity index (χ0n) is 24.9. The summed E-state index contributed by atoms with van der Waals surface area (Å²) in [6.45, 7) is 18.4. The van der Waals surface area contributed by atoms with Crippen LogP contribution in [-0.2, 0) is 35.6 Å². The van der Waals surface area contributed by atoms with Crippen molar-refractivity contribution in [3.8, 4) is 11.4 Å². The van der Waals surface area contributed by atoms with Crippen molar-refractivity contribution in [3.63, 3.8) is 0 Å². The summed E-state index contributed by atoms with van der Waals surface area (Å²) in [4.78, 5) is 24.9. The number of nitrogens with zero attached hydrogens (tertiary/aromatic N) is 5. The lowest BCUT2D eigenvalue weighted by molar-refractivity contribution is -0.153. The summed E-state index contributed by atoms with van der Waals surface area (Å²) in [6, 6.07) is 4.50. The van der Waals surface area contributed by atoms with Crippen LogP contribution < -0.4 is 0 Å². The van der Waals surface area contributed by atoms with E-state index in [-0.39, 0.29) is 30.2 Å². The fourth-order valence-corrected chi connectivity index (χ4v) is 4.73. The molecule has 11 nitrogen and oxygen atoms in total. The molecule has 0 atom stereocenters. The second-order valence-corrected chi connectivity index (χ2v) is 19.0. The van der Waals surface area contributed by atoms with E-state index in [1.807, 2.05) is 13.8 Å². The molecular weight excluding hydrogens is 550 g/mol. The van der Waals surface area contributed by atoms with Crippen LogP contribution in [0.1, 0.15) is 33.4 Å². The van der Waals surface area contributed by atoms with Crippen LogP contribution in [0.3, 0.4) is 0 Å². The maximum atomic E-state index is 12.3. The summed E-state index contributed by atoms with van der Waals surface area (Å²) in [5.74, 6) is -0.0192. The fourth-order valence-electron chi connectivity index (χ4n) is 3.25. The quantitative estimate of drug-likeness (QED) is 0.101. The average molecular weight is 592 g/mol. The monoisotopic (exact) mass is 591 g/mol. The second-order valence-electron chi connectivity index (χ2n) is 11.5. The number of sulfone groups is 1. The molecule has 2 aromatic heterocycles. The van der Waals surface area contributed by atoms with Crippen LogP contribution in [0.2, 0.25) is 25.7 Å². The molecule has 0 aliphatic rings. The maximum Gasteiger partial charge on any atom is 0.314 e. The Morgan fingerprint density at radius 1 is 1.23 bits per heavy atom. The van der Waals surface area contributed by atoms with E-state index in [1.165, 1.54) is 11.8 Å². The van der Waals surface area contributed by atoms with Gasteiger partial charge in [-0.3, -0.25) is 9.78 Å². The summed E-state index contributed by atoms with van der Waals surface area (Å²) >= 11 is 0. The van der Waals surface area contributed by atoms with E-state index in [4.69, 9.17) is 14.2 Å². The first-order chi connectivity index (χ1) is 18.4. The molecule has 13 heteroatoms. The summed E-state index contributed by atoms with van der Waals surface area (Å²) in [5.41, 5.74) is 2.03. The van der Waals surface area contributed by atoms with Gasteiger partial charge in [-0.15, -0.1) is 5.10 Å². The first-order valence-corrected chi connectivity index (χ1v) is 18.4. The van der Waals surface area contributed by atoms with Gasteiger partial charge in [-0.25, -0.2) is 18.1 Å². The van der Waals surface area contributed by atoms with Crippen molar-refractivity contribution in [2.45, 2.75) is 65.3 Å². The van der Waals surface area contributed by atoms with Crippen molar-refractivity contribution in [3.05, 3.63) is 42.1 Å². The smallest absolute Gasteiger partial charge is 0.314 e. The molecule has 0 bridgehead atoms. The number of allylic oxidation sites excluding steroid dienone is 2. The highest BCUT2D eigenvalue weighted by Gasteiger charge is 2.30. The third-order valence-electron chi connectivity index (χ3n) is 5.69. The predicted octanol–water partition coefficient (Wildman–Crippen LogP) is 4.61. The number of aliphatic imine (C=N–C) groups is 1. The minimum absolute atomic E-state index is 0.00740. The first kappa shape index (κ1) is 33.0. The molecular formula is C27H41N5O6SSi. The number of esters is 1. The lowest BCUT2D eigenvalue weighted by Crippen LogP contribution is -2.30. The molecule has 0 saturated heterocycles. The summed E-state index contributed by atoms with van der Waals surface area (Å²) in [6.07, 6.45) is 4.26. The van der Waals surface area contributed by atoms with Gasteiger partial charge in [0.05, 0.1) is 18.2 Å². The van der Waals surface area contributed by atoms with E-state index in [2.05, 4.69) is 46.3 Å². The number of carbonyl (C=O) groups is 1.